The molecule has 2 unspecified atom stereocenters. The van der Waals surface area contributed by atoms with Crippen LogP contribution in [0.3, 0.4) is 0 Å². The lowest BCUT2D eigenvalue weighted by atomic mass is 9.90. The van der Waals surface area contributed by atoms with E-state index in [2.05, 4.69) is 12.2 Å². The van der Waals surface area contributed by atoms with Crippen molar-refractivity contribution in [3.63, 3.8) is 0 Å². The molecule has 2 N–H and O–H groups in total. The fourth-order valence-electron chi connectivity index (χ4n) is 2.67. The second kappa shape index (κ2) is 8.89. The Bertz CT molecular complexity index is 201. The van der Waals surface area contributed by atoms with E-state index < -0.39 is 5.60 Å². The Morgan fingerprint density at radius 2 is 1.94 bits per heavy atom. The third-order valence-electron chi connectivity index (χ3n) is 3.75. The molecule has 18 heavy (non-hydrogen) atoms. The minimum absolute atomic E-state index is 0.328. The molecule has 0 bridgehead atoms. The SMILES string of the molecule is CCCCCCCCC(C)(O)CC1COCCN1. The van der Waals surface area contributed by atoms with Crippen LogP contribution in [0.5, 0.6) is 0 Å². The summed E-state index contributed by atoms with van der Waals surface area (Å²) in [5, 5.41) is 13.8. The Kier molecular flexibility index (Phi) is 7.87. The van der Waals surface area contributed by atoms with Crippen LogP contribution in [0, 0.1) is 0 Å². The zero-order valence-corrected chi connectivity index (χ0v) is 12.2. The van der Waals surface area contributed by atoms with Crippen molar-refractivity contribution in [1.29, 1.82) is 0 Å². The van der Waals surface area contributed by atoms with Crippen LogP contribution in [-0.4, -0.2) is 36.5 Å². The summed E-state index contributed by atoms with van der Waals surface area (Å²) >= 11 is 0. The summed E-state index contributed by atoms with van der Waals surface area (Å²) in [6.45, 7) is 6.67. The summed E-state index contributed by atoms with van der Waals surface area (Å²) in [5.41, 5.74) is -0.539. The van der Waals surface area contributed by atoms with Crippen molar-refractivity contribution >= 4 is 0 Å². The van der Waals surface area contributed by atoms with Gasteiger partial charge in [0.1, 0.15) is 0 Å². The first-order chi connectivity index (χ1) is 8.64. The van der Waals surface area contributed by atoms with Crippen LogP contribution in [0.4, 0.5) is 0 Å². The molecule has 1 fully saturated rings. The predicted molar refractivity (Wildman–Crippen MR) is 75.8 cm³/mol. The third kappa shape index (κ3) is 7.34. The Morgan fingerprint density at radius 1 is 1.22 bits per heavy atom. The second-order valence-electron chi connectivity index (χ2n) is 5.94. The molecular weight excluding hydrogens is 226 g/mol. The van der Waals surface area contributed by atoms with Gasteiger partial charge in [-0.1, -0.05) is 45.4 Å². The standard InChI is InChI=1S/C15H31NO2/c1-3-4-5-6-7-8-9-15(2,17)12-14-13-18-11-10-16-14/h14,16-17H,3-13H2,1-2H3. The van der Waals surface area contributed by atoms with Crippen molar-refractivity contribution in [2.75, 3.05) is 19.8 Å². The van der Waals surface area contributed by atoms with Crippen molar-refractivity contribution in [3.05, 3.63) is 0 Å². The molecule has 1 saturated heterocycles. The van der Waals surface area contributed by atoms with Gasteiger partial charge in [-0.3, -0.25) is 0 Å². The van der Waals surface area contributed by atoms with Crippen molar-refractivity contribution in [2.45, 2.75) is 76.9 Å². The molecule has 1 aliphatic heterocycles. The Morgan fingerprint density at radius 3 is 2.61 bits per heavy atom. The molecule has 3 heteroatoms. The van der Waals surface area contributed by atoms with Crippen LogP contribution >= 0.6 is 0 Å². The highest BCUT2D eigenvalue weighted by molar-refractivity contribution is 4.82. The maximum Gasteiger partial charge on any atom is 0.0635 e. The highest BCUT2D eigenvalue weighted by Gasteiger charge is 2.26. The van der Waals surface area contributed by atoms with Gasteiger partial charge in [0.2, 0.25) is 0 Å². The van der Waals surface area contributed by atoms with Gasteiger partial charge in [0.05, 0.1) is 18.8 Å². The monoisotopic (exact) mass is 257 g/mol. The molecule has 3 nitrogen and oxygen atoms in total. The molecular formula is C15H31NO2. The molecule has 0 radical (unpaired) electrons. The zero-order valence-electron chi connectivity index (χ0n) is 12.2. The predicted octanol–water partition coefficient (Wildman–Crippen LogP) is 2.87. The van der Waals surface area contributed by atoms with Gasteiger partial charge in [-0.2, -0.15) is 0 Å². The Balaban J connectivity index is 2.06. The van der Waals surface area contributed by atoms with Gasteiger partial charge in [-0.15, -0.1) is 0 Å². The van der Waals surface area contributed by atoms with Gasteiger partial charge < -0.3 is 15.2 Å². The van der Waals surface area contributed by atoms with E-state index >= 15 is 0 Å². The fraction of sp³-hybridized carbons (Fsp3) is 1.00. The quantitative estimate of drug-likeness (QED) is 0.624. The number of ether oxygens (including phenoxy) is 1. The van der Waals surface area contributed by atoms with E-state index in [-0.39, 0.29) is 0 Å². The zero-order chi connectivity index (χ0) is 13.3. The molecule has 0 amide bonds. The summed E-state index contributed by atoms with van der Waals surface area (Å²) in [7, 11) is 0. The Labute approximate surface area is 112 Å². The first-order valence-electron chi connectivity index (χ1n) is 7.67. The Hall–Kier alpha value is -0.120. The van der Waals surface area contributed by atoms with E-state index in [1.165, 1.54) is 32.1 Å². The van der Waals surface area contributed by atoms with Crippen LogP contribution in [0.2, 0.25) is 0 Å². The minimum Gasteiger partial charge on any atom is -0.390 e. The molecule has 0 saturated carbocycles. The molecule has 0 aromatic rings. The molecule has 1 aliphatic rings. The molecule has 0 spiro atoms. The van der Waals surface area contributed by atoms with Crippen LogP contribution in [0.15, 0.2) is 0 Å². The largest absolute Gasteiger partial charge is 0.390 e. The van der Waals surface area contributed by atoms with Gasteiger partial charge in [0.15, 0.2) is 0 Å². The van der Waals surface area contributed by atoms with Crippen molar-refractivity contribution in [2.24, 2.45) is 0 Å². The highest BCUT2D eigenvalue weighted by atomic mass is 16.5. The molecule has 0 aromatic heterocycles. The molecule has 2 atom stereocenters. The average Bonchev–Trinajstić information content (AvgIpc) is 2.34. The van der Waals surface area contributed by atoms with Crippen molar-refractivity contribution in [1.82, 2.24) is 5.32 Å². The van der Waals surface area contributed by atoms with Crippen LogP contribution in [0.1, 0.15) is 65.2 Å². The number of morpholine rings is 1. The summed E-state index contributed by atoms with van der Waals surface area (Å²) < 4.78 is 5.42. The van der Waals surface area contributed by atoms with Crippen LogP contribution in [0.25, 0.3) is 0 Å². The van der Waals surface area contributed by atoms with Gasteiger partial charge >= 0.3 is 0 Å². The normalized spacial score (nSPS) is 23.8. The number of hydrogen-bond donors (Lipinski definition) is 2. The van der Waals surface area contributed by atoms with Gasteiger partial charge in [-0.25, -0.2) is 0 Å². The first-order valence-corrected chi connectivity index (χ1v) is 7.67. The molecule has 1 rings (SSSR count). The van der Waals surface area contributed by atoms with Crippen molar-refractivity contribution < 1.29 is 9.84 Å². The number of hydrogen-bond acceptors (Lipinski definition) is 3. The lowest BCUT2D eigenvalue weighted by Gasteiger charge is -2.31. The van der Waals surface area contributed by atoms with Gasteiger partial charge in [0.25, 0.3) is 0 Å². The lowest BCUT2D eigenvalue weighted by molar-refractivity contribution is -0.000535. The third-order valence-corrected chi connectivity index (χ3v) is 3.75. The van der Waals surface area contributed by atoms with E-state index in [0.717, 1.165) is 39.0 Å². The van der Waals surface area contributed by atoms with Crippen LogP contribution < -0.4 is 5.32 Å². The van der Waals surface area contributed by atoms with Crippen LogP contribution in [-0.2, 0) is 4.74 Å². The summed E-state index contributed by atoms with van der Waals surface area (Å²) in [6, 6.07) is 0.328. The van der Waals surface area contributed by atoms with Gasteiger partial charge in [-0.05, 0) is 19.8 Å². The highest BCUT2D eigenvalue weighted by Crippen LogP contribution is 2.21. The molecule has 0 aromatic carbocycles. The first kappa shape index (κ1) is 15.9. The van der Waals surface area contributed by atoms with Crippen molar-refractivity contribution in [3.8, 4) is 0 Å². The maximum atomic E-state index is 10.4. The minimum atomic E-state index is -0.539. The summed E-state index contributed by atoms with van der Waals surface area (Å²) in [4.78, 5) is 0. The number of unbranched alkanes of at least 4 members (excludes halogenated alkanes) is 5. The van der Waals surface area contributed by atoms with E-state index in [1.54, 1.807) is 0 Å². The molecule has 108 valence electrons. The summed E-state index contributed by atoms with van der Waals surface area (Å²) in [5.74, 6) is 0. The van der Waals surface area contributed by atoms with E-state index in [1.807, 2.05) is 6.92 Å². The van der Waals surface area contributed by atoms with E-state index in [9.17, 15) is 5.11 Å². The summed E-state index contributed by atoms with van der Waals surface area (Å²) in [6.07, 6.45) is 9.42. The molecule has 0 aliphatic carbocycles. The number of rotatable bonds is 9. The number of aliphatic hydroxyl groups is 1. The topological polar surface area (TPSA) is 41.5 Å². The van der Waals surface area contributed by atoms with Gasteiger partial charge in [0, 0.05) is 12.6 Å². The second-order valence-corrected chi connectivity index (χ2v) is 5.94. The maximum absolute atomic E-state index is 10.4. The smallest absolute Gasteiger partial charge is 0.0635 e. The fourth-order valence-corrected chi connectivity index (χ4v) is 2.67. The van der Waals surface area contributed by atoms with E-state index in [4.69, 9.17) is 4.74 Å². The average molecular weight is 257 g/mol. The number of nitrogens with one attached hydrogen (secondary N) is 1. The molecule has 1 heterocycles. The lowest BCUT2D eigenvalue weighted by Crippen LogP contribution is -2.45. The van der Waals surface area contributed by atoms with E-state index in [0.29, 0.717) is 6.04 Å².